The molecule has 2 heterocycles. The van der Waals surface area contributed by atoms with Crippen LogP contribution in [-0.2, 0) is 6.54 Å². The number of phenols is 2. The molecule has 1 aliphatic heterocycles. The zero-order chi connectivity index (χ0) is 21.5. The molecular formula is C24H18FN3O3. The van der Waals surface area contributed by atoms with Gasteiger partial charge in [0.15, 0.2) is 0 Å². The van der Waals surface area contributed by atoms with E-state index < -0.39 is 6.04 Å². The van der Waals surface area contributed by atoms with Crippen molar-refractivity contribution >= 4 is 5.91 Å². The largest absolute Gasteiger partial charge is 0.508 e. The summed E-state index contributed by atoms with van der Waals surface area (Å²) in [7, 11) is 0. The van der Waals surface area contributed by atoms with Gasteiger partial charge in [-0.1, -0.05) is 36.4 Å². The SMILES string of the molecule is O=C1c2[nH]nc(-c3ccccc3O)c2C(c2ccc(O)cc2)N1Cc1ccc(F)cc1. The molecule has 1 aliphatic rings. The number of benzene rings is 3. The number of aromatic nitrogens is 2. The van der Waals surface area contributed by atoms with Crippen molar-refractivity contribution in [3.8, 4) is 22.8 Å². The van der Waals surface area contributed by atoms with Gasteiger partial charge in [0.2, 0.25) is 0 Å². The van der Waals surface area contributed by atoms with Crippen molar-refractivity contribution in [3.05, 3.63) is 101 Å². The first-order chi connectivity index (χ1) is 15.0. The van der Waals surface area contributed by atoms with Crippen molar-refractivity contribution in [3.63, 3.8) is 0 Å². The summed E-state index contributed by atoms with van der Waals surface area (Å²) in [5.41, 5.74) is 3.56. The van der Waals surface area contributed by atoms with Crippen molar-refractivity contribution in [2.75, 3.05) is 0 Å². The minimum absolute atomic E-state index is 0.0608. The predicted molar refractivity (Wildman–Crippen MR) is 112 cm³/mol. The van der Waals surface area contributed by atoms with Crippen molar-refractivity contribution in [2.24, 2.45) is 0 Å². The van der Waals surface area contributed by atoms with E-state index >= 15 is 0 Å². The average Bonchev–Trinajstić information content (AvgIpc) is 3.30. The second-order valence-electron chi connectivity index (χ2n) is 7.43. The Morgan fingerprint density at radius 1 is 0.968 bits per heavy atom. The maximum absolute atomic E-state index is 13.4. The maximum atomic E-state index is 13.4. The monoisotopic (exact) mass is 415 g/mol. The average molecular weight is 415 g/mol. The Hall–Kier alpha value is -4.13. The third-order valence-corrected chi connectivity index (χ3v) is 5.50. The molecule has 1 unspecified atom stereocenters. The lowest BCUT2D eigenvalue weighted by atomic mass is 9.95. The highest BCUT2D eigenvalue weighted by Gasteiger charge is 2.42. The Balaban J connectivity index is 1.65. The summed E-state index contributed by atoms with van der Waals surface area (Å²) in [6.07, 6.45) is 0. The molecule has 1 aromatic heterocycles. The minimum atomic E-state index is -0.499. The van der Waals surface area contributed by atoms with Crippen molar-refractivity contribution < 1.29 is 19.4 Å². The van der Waals surface area contributed by atoms with E-state index in [1.165, 1.54) is 12.1 Å². The van der Waals surface area contributed by atoms with E-state index in [1.807, 2.05) is 0 Å². The topological polar surface area (TPSA) is 89.5 Å². The lowest BCUT2D eigenvalue weighted by molar-refractivity contribution is 0.0730. The number of hydrogen-bond donors (Lipinski definition) is 3. The molecule has 1 atom stereocenters. The van der Waals surface area contributed by atoms with Gasteiger partial charge in [0.05, 0.1) is 6.04 Å². The molecule has 154 valence electrons. The normalized spacial score (nSPS) is 15.3. The first kappa shape index (κ1) is 18.9. The van der Waals surface area contributed by atoms with Crippen LogP contribution < -0.4 is 0 Å². The van der Waals surface area contributed by atoms with Gasteiger partial charge in [-0.05, 0) is 47.5 Å². The molecule has 0 spiro atoms. The van der Waals surface area contributed by atoms with Crippen LogP contribution in [0.4, 0.5) is 4.39 Å². The number of aromatic hydroxyl groups is 2. The minimum Gasteiger partial charge on any atom is -0.508 e. The molecule has 5 rings (SSSR count). The van der Waals surface area contributed by atoms with Crippen molar-refractivity contribution in [2.45, 2.75) is 12.6 Å². The van der Waals surface area contributed by atoms with Gasteiger partial charge in [-0.25, -0.2) is 4.39 Å². The van der Waals surface area contributed by atoms with Gasteiger partial charge in [0, 0.05) is 17.7 Å². The quantitative estimate of drug-likeness (QED) is 0.462. The van der Waals surface area contributed by atoms with Crippen LogP contribution >= 0.6 is 0 Å². The number of amides is 1. The number of carbonyl (C=O) groups excluding carboxylic acids is 1. The molecule has 0 aliphatic carbocycles. The first-order valence-corrected chi connectivity index (χ1v) is 9.74. The molecule has 3 aromatic carbocycles. The van der Waals surface area contributed by atoms with Gasteiger partial charge in [-0.2, -0.15) is 5.10 Å². The van der Waals surface area contributed by atoms with Crippen molar-refractivity contribution in [1.82, 2.24) is 15.1 Å². The van der Waals surface area contributed by atoms with E-state index in [9.17, 15) is 19.4 Å². The van der Waals surface area contributed by atoms with Gasteiger partial charge in [-0.15, -0.1) is 0 Å². The number of phenolic OH excluding ortho intramolecular Hbond substituents is 2. The third kappa shape index (κ3) is 3.20. The lowest BCUT2D eigenvalue weighted by Gasteiger charge is -2.26. The van der Waals surface area contributed by atoms with Gasteiger partial charge in [0.1, 0.15) is 28.7 Å². The van der Waals surface area contributed by atoms with Crippen LogP contribution in [0.15, 0.2) is 72.8 Å². The first-order valence-electron chi connectivity index (χ1n) is 9.74. The van der Waals surface area contributed by atoms with E-state index in [1.54, 1.807) is 65.6 Å². The van der Waals surface area contributed by atoms with Crippen LogP contribution in [0.1, 0.15) is 33.2 Å². The molecule has 1 amide bonds. The Morgan fingerprint density at radius 3 is 2.39 bits per heavy atom. The Labute approximate surface area is 177 Å². The number of H-pyrrole nitrogens is 1. The molecule has 0 radical (unpaired) electrons. The summed E-state index contributed by atoms with van der Waals surface area (Å²) in [4.78, 5) is 15.0. The highest BCUT2D eigenvalue weighted by Crippen LogP contribution is 2.45. The molecule has 0 saturated heterocycles. The van der Waals surface area contributed by atoms with E-state index in [2.05, 4.69) is 10.2 Å². The smallest absolute Gasteiger partial charge is 0.273 e. The summed E-state index contributed by atoms with van der Waals surface area (Å²) in [5.74, 6) is -0.411. The van der Waals surface area contributed by atoms with Crippen LogP contribution in [-0.4, -0.2) is 31.2 Å². The van der Waals surface area contributed by atoms with E-state index in [-0.39, 0.29) is 29.8 Å². The second kappa shape index (κ2) is 7.28. The Kier molecular flexibility index (Phi) is 4.43. The fraction of sp³-hybridized carbons (Fsp3) is 0.0833. The number of nitrogens with one attached hydrogen (secondary N) is 1. The molecule has 0 bridgehead atoms. The third-order valence-electron chi connectivity index (χ3n) is 5.50. The Bertz CT molecular complexity index is 1270. The van der Waals surface area contributed by atoms with E-state index in [0.29, 0.717) is 22.5 Å². The number of para-hydroxylation sites is 1. The van der Waals surface area contributed by atoms with Gasteiger partial charge >= 0.3 is 0 Å². The van der Waals surface area contributed by atoms with Crippen LogP contribution in [0.2, 0.25) is 0 Å². The fourth-order valence-electron chi connectivity index (χ4n) is 4.03. The summed E-state index contributed by atoms with van der Waals surface area (Å²) < 4.78 is 13.4. The van der Waals surface area contributed by atoms with Crippen LogP contribution in [0.25, 0.3) is 11.3 Å². The molecule has 0 saturated carbocycles. The summed E-state index contributed by atoms with van der Waals surface area (Å²) >= 11 is 0. The highest BCUT2D eigenvalue weighted by molar-refractivity contribution is 6.00. The number of aromatic amines is 1. The molecule has 7 heteroatoms. The Morgan fingerprint density at radius 2 is 1.68 bits per heavy atom. The lowest BCUT2D eigenvalue weighted by Crippen LogP contribution is -2.29. The van der Waals surface area contributed by atoms with Crippen LogP contribution in [0, 0.1) is 5.82 Å². The van der Waals surface area contributed by atoms with E-state index in [4.69, 9.17) is 0 Å². The van der Waals surface area contributed by atoms with Gasteiger partial charge < -0.3 is 15.1 Å². The summed E-state index contributed by atoms with van der Waals surface area (Å²) in [5, 5.41) is 27.3. The van der Waals surface area contributed by atoms with Crippen molar-refractivity contribution in [1.29, 1.82) is 0 Å². The summed E-state index contributed by atoms with van der Waals surface area (Å²) in [6, 6.07) is 19.0. The van der Waals surface area contributed by atoms with Gasteiger partial charge in [-0.3, -0.25) is 9.89 Å². The number of nitrogens with zero attached hydrogens (tertiary/aromatic N) is 2. The van der Waals surface area contributed by atoms with E-state index in [0.717, 1.165) is 11.1 Å². The predicted octanol–water partition coefficient (Wildman–Crippen LogP) is 4.37. The molecular weight excluding hydrogens is 397 g/mol. The van der Waals surface area contributed by atoms with Crippen LogP contribution in [0.3, 0.4) is 0 Å². The molecule has 4 aromatic rings. The maximum Gasteiger partial charge on any atom is 0.273 e. The molecule has 0 fully saturated rings. The molecule has 6 nitrogen and oxygen atoms in total. The highest BCUT2D eigenvalue weighted by atomic mass is 19.1. The standard InChI is InChI=1S/C24H18FN3O3/c25-16-9-5-14(6-10-16)13-28-23(15-7-11-17(29)12-8-15)20-21(26-27-22(20)24(28)31)18-3-1-2-4-19(18)30/h1-12,23,29-30H,13H2,(H,26,27). The number of halogens is 1. The molecule has 31 heavy (non-hydrogen) atoms. The zero-order valence-electron chi connectivity index (χ0n) is 16.3. The summed E-state index contributed by atoms with van der Waals surface area (Å²) in [6.45, 7) is 0.257. The van der Waals surface area contributed by atoms with Crippen LogP contribution in [0.5, 0.6) is 11.5 Å². The second-order valence-corrected chi connectivity index (χ2v) is 7.43. The number of hydrogen-bond acceptors (Lipinski definition) is 4. The molecule has 3 N–H and O–H groups in total. The van der Waals surface area contributed by atoms with Gasteiger partial charge in [0.25, 0.3) is 5.91 Å². The number of rotatable bonds is 4. The zero-order valence-corrected chi connectivity index (χ0v) is 16.3. The number of fused-ring (bicyclic) bond motifs is 1. The number of carbonyl (C=O) groups is 1. The fourth-order valence-corrected chi connectivity index (χ4v) is 4.03.